The molecule has 0 fully saturated rings. The van der Waals surface area contributed by atoms with E-state index in [1.807, 2.05) is 24.3 Å². The first-order chi connectivity index (χ1) is 6.77. The largest absolute Gasteiger partial charge is 0.263 e. The average molecular weight is 186 g/mol. The molecule has 0 bridgehead atoms. The number of hydrogen-bond donors (Lipinski definition) is 0. The van der Waals surface area contributed by atoms with Crippen molar-refractivity contribution in [3.8, 4) is 0 Å². The maximum atomic E-state index is 12.6. The van der Waals surface area contributed by atoms with Crippen molar-refractivity contribution in [2.75, 3.05) is 0 Å². The fourth-order valence-electron chi connectivity index (χ4n) is 1.42. The third kappa shape index (κ3) is 1.64. The smallest absolute Gasteiger partial charge is 0.101 e. The van der Waals surface area contributed by atoms with Crippen LogP contribution in [0.2, 0.25) is 0 Å². The van der Waals surface area contributed by atoms with Gasteiger partial charge in [0.1, 0.15) is 5.83 Å². The van der Waals surface area contributed by atoms with Gasteiger partial charge in [0, 0.05) is 30.3 Å². The molecular formula is C12H9FN. The van der Waals surface area contributed by atoms with E-state index in [9.17, 15) is 4.39 Å². The Bertz CT molecular complexity index is 479. The Hall–Kier alpha value is -1.70. The van der Waals surface area contributed by atoms with E-state index < -0.39 is 5.83 Å². The lowest BCUT2D eigenvalue weighted by atomic mass is 10.1. The molecule has 0 saturated heterocycles. The van der Waals surface area contributed by atoms with E-state index in [1.165, 1.54) is 6.08 Å². The molecule has 1 aromatic heterocycles. The van der Waals surface area contributed by atoms with Gasteiger partial charge in [-0.05, 0) is 11.5 Å². The number of pyridine rings is 1. The molecule has 0 saturated carbocycles. The SMILES string of the molecule is [CH2]/C(F)=C/c1cncc2ccccc12. The van der Waals surface area contributed by atoms with Crippen molar-refractivity contribution < 1.29 is 4.39 Å². The molecule has 1 nitrogen and oxygen atoms in total. The number of benzene rings is 1. The van der Waals surface area contributed by atoms with Crippen LogP contribution in [0, 0.1) is 6.92 Å². The van der Waals surface area contributed by atoms with Gasteiger partial charge in [0.2, 0.25) is 0 Å². The standard InChI is InChI=1S/C12H9FN/c1-9(13)6-11-8-14-7-10-4-2-3-5-12(10)11/h2-8H,1H2/b9-6-. The summed E-state index contributed by atoms with van der Waals surface area (Å²) in [5.74, 6) is -0.455. The van der Waals surface area contributed by atoms with E-state index in [-0.39, 0.29) is 0 Å². The summed E-state index contributed by atoms with van der Waals surface area (Å²) in [5.41, 5.74) is 0.760. The average Bonchev–Trinajstić information content (AvgIpc) is 2.18. The number of fused-ring (bicyclic) bond motifs is 1. The Labute approximate surface area is 81.9 Å². The van der Waals surface area contributed by atoms with Gasteiger partial charge >= 0.3 is 0 Å². The maximum Gasteiger partial charge on any atom is 0.101 e. The van der Waals surface area contributed by atoms with Gasteiger partial charge in [0.05, 0.1) is 0 Å². The van der Waals surface area contributed by atoms with Crippen molar-refractivity contribution in [1.82, 2.24) is 4.98 Å². The van der Waals surface area contributed by atoms with Gasteiger partial charge in [-0.1, -0.05) is 24.3 Å². The summed E-state index contributed by atoms with van der Waals surface area (Å²) >= 11 is 0. The van der Waals surface area contributed by atoms with Gasteiger partial charge < -0.3 is 0 Å². The molecule has 0 aliphatic rings. The number of aromatic nitrogens is 1. The van der Waals surface area contributed by atoms with Crippen LogP contribution in [0.1, 0.15) is 5.56 Å². The third-order valence-corrected chi connectivity index (χ3v) is 2.01. The highest BCUT2D eigenvalue weighted by Crippen LogP contribution is 2.19. The Morgan fingerprint density at radius 3 is 2.86 bits per heavy atom. The second-order valence-electron chi connectivity index (χ2n) is 3.04. The van der Waals surface area contributed by atoms with Crippen LogP contribution >= 0.6 is 0 Å². The molecule has 2 heteroatoms. The number of rotatable bonds is 1. The van der Waals surface area contributed by atoms with Gasteiger partial charge in [-0.2, -0.15) is 0 Å². The summed E-state index contributed by atoms with van der Waals surface area (Å²) in [6.45, 7) is 3.21. The predicted molar refractivity (Wildman–Crippen MR) is 56.2 cm³/mol. The zero-order valence-corrected chi connectivity index (χ0v) is 7.57. The Balaban J connectivity index is 2.71. The molecule has 0 aliphatic carbocycles. The minimum atomic E-state index is -0.455. The highest BCUT2D eigenvalue weighted by molar-refractivity contribution is 5.89. The molecule has 0 spiro atoms. The normalized spacial score (nSPS) is 12.0. The van der Waals surface area contributed by atoms with Crippen LogP contribution in [0.25, 0.3) is 16.8 Å². The fourth-order valence-corrected chi connectivity index (χ4v) is 1.42. The molecule has 2 rings (SSSR count). The topological polar surface area (TPSA) is 12.9 Å². The number of allylic oxidation sites excluding steroid dienone is 1. The summed E-state index contributed by atoms with van der Waals surface area (Å²) in [5, 5.41) is 1.99. The number of nitrogens with zero attached hydrogens (tertiary/aromatic N) is 1. The highest BCUT2D eigenvalue weighted by Gasteiger charge is 1.98. The predicted octanol–water partition coefficient (Wildman–Crippen LogP) is 3.38. The molecule has 1 heterocycles. The van der Waals surface area contributed by atoms with E-state index in [0.29, 0.717) is 0 Å². The molecular weight excluding hydrogens is 177 g/mol. The first-order valence-corrected chi connectivity index (χ1v) is 4.29. The van der Waals surface area contributed by atoms with Crippen molar-refractivity contribution in [2.24, 2.45) is 0 Å². The summed E-state index contributed by atoms with van der Waals surface area (Å²) in [4.78, 5) is 4.03. The van der Waals surface area contributed by atoms with Crippen molar-refractivity contribution in [3.63, 3.8) is 0 Å². The molecule has 14 heavy (non-hydrogen) atoms. The summed E-state index contributed by atoms with van der Waals surface area (Å²) in [7, 11) is 0. The number of hydrogen-bond acceptors (Lipinski definition) is 1. The van der Waals surface area contributed by atoms with E-state index >= 15 is 0 Å². The maximum absolute atomic E-state index is 12.6. The molecule has 1 radical (unpaired) electrons. The van der Waals surface area contributed by atoms with Crippen LogP contribution < -0.4 is 0 Å². The van der Waals surface area contributed by atoms with Gasteiger partial charge in [-0.3, -0.25) is 4.98 Å². The Morgan fingerprint density at radius 2 is 2.07 bits per heavy atom. The lowest BCUT2D eigenvalue weighted by molar-refractivity contribution is 0.673. The molecule has 0 N–H and O–H groups in total. The van der Waals surface area contributed by atoms with E-state index in [4.69, 9.17) is 0 Å². The van der Waals surface area contributed by atoms with Crippen molar-refractivity contribution in [3.05, 3.63) is 55.0 Å². The van der Waals surface area contributed by atoms with Gasteiger partial charge in [-0.25, -0.2) is 4.39 Å². The molecule has 1 aromatic carbocycles. The van der Waals surface area contributed by atoms with E-state index in [0.717, 1.165) is 16.3 Å². The summed E-state index contributed by atoms with van der Waals surface area (Å²) < 4.78 is 12.6. The minimum absolute atomic E-state index is 0.455. The van der Waals surface area contributed by atoms with Crippen molar-refractivity contribution >= 4 is 16.8 Å². The lowest BCUT2D eigenvalue weighted by Gasteiger charge is -2.00. The van der Waals surface area contributed by atoms with Crippen LogP contribution in [0.15, 0.2) is 42.5 Å². The van der Waals surface area contributed by atoms with Gasteiger partial charge in [0.15, 0.2) is 0 Å². The first-order valence-electron chi connectivity index (χ1n) is 4.29. The van der Waals surface area contributed by atoms with Crippen LogP contribution in [0.3, 0.4) is 0 Å². The van der Waals surface area contributed by atoms with Crippen LogP contribution in [0.4, 0.5) is 4.39 Å². The molecule has 69 valence electrons. The van der Waals surface area contributed by atoms with Gasteiger partial charge in [-0.15, -0.1) is 0 Å². The first kappa shape index (κ1) is 8.88. The van der Waals surface area contributed by atoms with E-state index in [1.54, 1.807) is 12.4 Å². The van der Waals surface area contributed by atoms with E-state index in [2.05, 4.69) is 11.9 Å². The van der Waals surface area contributed by atoms with Gasteiger partial charge in [0.25, 0.3) is 0 Å². The molecule has 0 atom stereocenters. The Morgan fingerprint density at radius 1 is 1.29 bits per heavy atom. The third-order valence-electron chi connectivity index (χ3n) is 2.01. The molecule has 0 amide bonds. The van der Waals surface area contributed by atoms with Crippen LogP contribution in [-0.4, -0.2) is 4.98 Å². The van der Waals surface area contributed by atoms with Crippen LogP contribution in [0.5, 0.6) is 0 Å². The molecule has 0 unspecified atom stereocenters. The second kappa shape index (κ2) is 3.58. The van der Waals surface area contributed by atoms with Crippen molar-refractivity contribution in [1.29, 1.82) is 0 Å². The monoisotopic (exact) mass is 186 g/mol. The highest BCUT2D eigenvalue weighted by atomic mass is 19.1. The summed E-state index contributed by atoms with van der Waals surface area (Å²) in [6.07, 6.45) is 4.77. The number of halogens is 1. The minimum Gasteiger partial charge on any atom is -0.263 e. The zero-order chi connectivity index (χ0) is 9.97. The van der Waals surface area contributed by atoms with Crippen molar-refractivity contribution in [2.45, 2.75) is 0 Å². The summed E-state index contributed by atoms with van der Waals surface area (Å²) in [6, 6.07) is 7.73. The lowest BCUT2D eigenvalue weighted by Crippen LogP contribution is -1.81. The fraction of sp³-hybridized carbons (Fsp3) is 0. The molecule has 2 aromatic rings. The quantitative estimate of drug-likeness (QED) is 0.665. The Kier molecular flexibility index (Phi) is 2.27. The molecule has 0 aliphatic heterocycles. The second-order valence-corrected chi connectivity index (χ2v) is 3.04. The van der Waals surface area contributed by atoms with Crippen LogP contribution in [-0.2, 0) is 0 Å². The zero-order valence-electron chi connectivity index (χ0n) is 7.57.